The number of hydrogen-bond donors (Lipinski definition) is 4. The van der Waals surface area contributed by atoms with Crippen molar-refractivity contribution in [3.8, 4) is 5.75 Å². The third kappa shape index (κ3) is 7.04. The number of para-hydroxylation sites is 1. The summed E-state index contributed by atoms with van der Waals surface area (Å²) in [5.41, 5.74) is 3.32. The topological polar surface area (TPSA) is 185 Å². The van der Waals surface area contributed by atoms with Gasteiger partial charge >= 0.3 is 13.7 Å². The number of carbonyl (C=O) groups is 1. The lowest BCUT2D eigenvalue weighted by molar-refractivity contribution is -0.202. The van der Waals surface area contributed by atoms with Gasteiger partial charge in [0.1, 0.15) is 18.4 Å². The molecule has 1 saturated heterocycles. The minimum atomic E-state index is -4.57. The molecule has 1 aliphatic heterocycles. The summed E-state index contributed by atoms with van der Waals surface area (Å²) in [4.78, 5) is 24.8. The van der Waals surface area contributed by atoms with Gasteiger partial charge < -0.3 is 30.2 Å². The quantitative estimate of drug-likeness (QED) is 0.159. The zero-order valence-electron chi connectivity index (χ0n) is 24.4. The van der Waals surface area contributed by atoms with Crippen molar-refractivity contribution in [2.45, 2.75) is 77.0 Å². The number of aliphatic hydroxyl groups is 1. The number of halogens is 2. The van der Waals surface area contributed by atoms with E-state index in [-0.39, 0.29) is 28.7 Å². The van der Waals surface area contributed by atoms with E-state index in [1.165, 1.54) is 19.1 Å². The molecule has 14 nitrogen and oxygen atoms in total. The van der Waals surface area contributed by atoms with Gasteiger partial charge in [0.05, 0.1) is 12.4 Å². The Bertz CT molecular complexity index is 1480. The summed E-state index contributed by atoms with van der Waals surface area (Å²) in [6.07, 6.45) is -2.79. The molecule has 17 heteroatoms. The lowest BCUT2D eigenvalue weighted by Crippen LogP contribution is -2.47. The predicted molar refractivity (Wildman–Crippen MR) is 152 cm³/mol. The molecule has 0 unspecified atom stereocenters. The molecule has 236 valence electrons. The van der Waals surface area contributed by atoms with Gasteiger partial charge in [0.25, 0.3) is 5.85 Å². The Hall–Kier alpha value is -3.43. The van der Waals surface area contributed by atoms with Crippen molar-refractivity contribution in [3.63, 3.8) is 0 Å². The van der Waals surface area contributed by atoms with Crippen LogP contribution >= 0.6 is 7.75 Å². The minimum absolute atomic E-state index is 0.0228. The van der Waals surface area contributed by atoms with Crippen LogP contribution in [0.15, 0.2) is 36.7 Å². The van der Waals surface area contributed by atoms with Crippen molar-refractivity contribution in [2.24, 2.45) is 0 Å². The fourth-order valence-corrected chi connectivity index (χ4v) is 5.85. The van der Waals surface area contributed by atoms with E-state index in [9.17, 15) is 14.5 Å². The molecular weight excluding hydrogens is 591 g/mol. The van der Waals surface area contributed by atoms with E-state index in [0.29, 0.717) is 6.54 Å². The first-order valence-electron chi connectivity index (χ1n) is 13.6. The number of esters is 1. The van der Waals surface area contributed by atoms with Gasteiger partial charge in [-0.2, -0.15) is 15.1 Å². The number of nitrogens with two attached hydrogens (primary N) is 1. The van der Waals surface area contributed by atoms with Crippen LogP contribution in [0.25, 0.3) is 11.2 Å². The highest BCUT2D eigenvalue weighted by atomic mass is 31.2. The molecule has 5 N–H and O–H groups in total. The molecule has 0 radical (unpaired) electrons. The summed E-state index contributed by atoms with van der Waals surface area (Å²) >= 11 is 0. The van der Waals surface area contributed by atoms with Crippen molar-refractivity contribution in [2.75, 3.05) is 24.2 Å². The average molecular weight is 628 g/mol. The number of aromatic nitrogens is 4. The molecule has 2 aromatic heterocycles. The Balaban J connectivity index is 1.61. The third-order valence-corrected chi connectivity index (χ3v) is 8.05. The molecule has 1 fully saturated rings. The number of benzene rings is 1. The number of fused-ring (bicyclic) bond motifs is 1. The normalized spacial score (nSPS) is 25.9. The van der Waals surface area contributed by atoms with Crippen LogP contribution in [-0.2, 0) is 23.4 Å². The first-order valence-corrected chi connectivity index (χ1v) is 15.2. The standard InChI is InChI=1S/C26H36F2N7O7P/c1-6-12-30-19-18-20(33-24(29)32-19)35(14-31-18)23-25(5,27)22(37)26(28,41-23)13-39-43(38,42-17-10-8-7-9-11-17)34-16(4)21(36)40-15(2)3/h7-11,14-16,22-23,37H,6,12-13H2,1-5H3,(H,34,38)(H3,29,30,32,33)/t16-,22-,23+,25+,26+,43-/m0/s1. The summed E-state index contributed by atoms with van der Waals surface area (Å²) < 4.78 is 68.6. The molecule has 4 rings (SSSR count). The zero-order valence-corrected chi connectivity index (χ0v) is 25.3. The van der Waals surface area contributed by atoms with Crippen molar-refractivity contribution in [1.82, 2.24) is 24.6 Å². The summed E-state index contributed by atoms with van der Waals surface area (Å²) in [5.74, 6) is -3.83. The van der Waals surface area contributed by atoms with Crippen molar-refractivity contribution in [1.29, 1.82) is 0 Å². The van der Waals surface area contributed by atoms with Gasteiger partial charge in [-0.1, -0.05) is 25.1 Å². The number of nitrogens with zero attached hydrogens (tertiary/aromatic N) is 4. The van der Waals surface area contributed by atoms with E-state index in [2.05, 4.69) is 25.4 Å². The fraction of sp³-hybridized carbons (Fsp3) is 0.538. The second kappa shape index (κ2) is 12.7. The van der Waals surface area contributed by atoms with Gasteiger partial charge in [-0.3, -0.25) is 13.9 Å². The van der Waals surface area contributed by atoms with Crippen LogP contribution in [0, 0.1) is 0 Å². The van der Waals surface area contributed by atoms with Crippen LogP contribution < -0.4 is 20.7 Å². The van der Waals surface area contributed by atoms with Gasteiger partial charge in [-0.25, -0.2) is 18.3 Å². The Morgan fingerprint density at radius 3 is 2.60 bits per heavy atom. The Kier molecular flexibility index (Phi) is 9.57. The van der Waals surface area contributed by atoms with E-state index in [4.69, 9.17) is 24.3 Å². The molecule has 1 aromatic carbocycles. The summed E-state index contributed by atoms with van der Waals surface area (Å²) in [6.45, 7) is 6.74. The van der Waals surface area contributed by atoms with Crippen LogP contribution in [0.5, 0.6) is 5.75 Å². The van der Waals surface area contributed by atoms with Gasteiger partial charge in [-0.05, 0) is 46.2 Å². The third-order valence-electron chi connectivity index (χ3n) is 6.42. The lowest BCUT2D eigenvalue weighted by atomic mass is 9.97. The molecule has 0 bridgehead atoms. The highest BCUT2D eigenvalue weighted by molar-refractivity contribution is 7.52. The second-order valence-electron chi connectivity index (χ2n) is 10.5. The smallest absolute Gasteiger partial charge is 0.459 e. The highest BCUT2D eigenvalue weighted by Crippen LogP contribution is 2.52. The highest BCUT2D eigenvalue weighted by Gasteiger charge is 2.65. The number of anilines is 2. The summed E-state index contributed by atoms with van der Waals surface area (Å²) in [6, 6.07) is 6.54. The van der Waals surface area contributed by atoms with Crippen LogP contribution in [0.2, 0.25) is 0 Å². The number of carbonyl (C=O) groups excluding carboxylic acids is 1. The fourth-order valence-electron chi connectivity index (χ4n) is 4.34. The number of rotatable bonds is 13. The molecule has 3 aromatic rings. The van der Waals surface area contributed by atoms with E-state index in [1.54, 1.807) is 32.0 Å². The van der Waals surface area contributed by atoms with E-state index < -0.39 is 56.3 Å². The molecule has 43 heavy (non-hydrogen) atoms. The van der Waals surface area contributed by atoms with E-state index >= 15 is 8.78 Å². The van der Waals surface area contributed by atoms with Gasteiger partial charge in [0, 0.05) is 6.54 Å². The van der Waals surface area contributed by atoms with Crippen molar-refractivity contribution < 1.29 is 41.8 Å². The Morgan fingerprint density at radius 2 is 1.95 bits per heavy atom. The molecule has 0 spiro atoms. The average Bonchev–Trinajstić information content (AvgIpc) is 3.43. The van der Waals surface area contributed by atoms with Crippen LogP contribution in [-0.4, -0.2) is 73.5 Å². The number of nitrogens with one attached hydrogen (secondary N) is 2. The molecule has 1 aliphatic rings. The second-order valence-corrected chi connectivity index (χ2v) is 12.2. The first kappa shape index (κ1) is 32.5. The number of aliphatic hydroxyl groups excluding tert-OH is 1. The number of imidazole rings is 1. The molecular formula is C26H36F2N7O7P. The van der Waals surface area contributed by atoms with Crippen molar-refractivity contribution >= 4 is 36.6 Å². The number of alkyl halides is 2. The first-order chi connectivity index (χ1) is 20.2. The van der Waals surface area contributed by atoms with E-state index in [1.807, 2.05) is 6.92 Å². The van der Waals surface area contributed by atoms with E-state index in [0.717, 1.165) is 24.2 Å². The van der Waals surface area contributed by atoms with Gasteiger partial charge in [-0.15, -0.1) is 0 Å². The molecule has 0 saturated carbocycles. The van der Waals surface area contributed by atoms with Crippen molar-refractivity contribution in [3.05, 3.63) is 36.7 Å². The number of ether oxygens (including phenoxy) is 2. The lowest BCUT2D eigenvalue weighted by Gasteiger charge is -2.28. The maximum Gasteiger partial charge on any atom is 0.459 e. The van der Waals surface area contributed by atoms with Gasteiger partial charge in [0.15, 0.2) is 35.0 Å². The molecule has 6 atom stereocenters. The maximum atomic E-state index is 16.3. The Morgan fingerprint density at radius 1 is 1.26 bits per heavy atom. The van der Waals surface area contributed by atoms with Crippen LogP contribution in [0.3, 0.4) is 0 Å². The van der Waals surface area contributed by atoms with Crippen LogP contribution in [0.4, 0.5) is 20.5 Å². The molecule has 0 amide bonds. The van der Waals surface area contributed by atoms with Crippen LogP contribution in [0.1, 0.15) is 47.3 Å². The largest absolute Gasteiger partial charge is 0.462 e. The number of hydrogen-bond acceptors (Lipinski definition) is 12. The SMILES string of the molecule is CCCNc1nc(N)nc2c1ncn2[C@@H]1O[C@](F)(CO[P@@](=O)(N[C@@H](C)C(=O)OC(C)C)Oc2ccccc2)[C@@H](O)[C@@]1(C)F. The summed E-state index contributed by atoms with van der Waals surface area (Å²) in [7, 11) is -4.57. The Labute approximate surface area is 246 Å². The monoisotopic (exact) mass is 627 g/mol. The molecule has 3 heterocycles. The zero-order chi connectivity index (χ0) is 31.6. The predicted octanol–water partition coefficient (Wildman–Crippen LogP) is 3.65. The maximum absolute atomic E-state index is 16.3. The van der Waals surface area contributed by atoms with Gasteiger partial charge in [0.2, 0.25) is 5.95 Å². The summed E-state index contributed by atoms with van der Waals surface area (Å²) in [5, 5.41) is 16.3. The number of nitrogen functional groups attached to an aromatic ring is 1. The molecule has 0 aliphatic carbocycles. The minimum Gasteiger partial charge on any atom is -0.462 e.